The Kier molecular flexibility index (Phi) is 4.29. The number of para-hydroxylation sites is 1. The molecule has 0 amide bonds. The van der Waals surface area contributed by atoms with Crippen molar-refractivity contribution < 1.29 is 9.66 Å². The summed E-state index contributed by atoms with van der Waals surface area (Å²) >= 11 is 0. The lowest BCUT2D eigenvalue weighted by atomic mass is 10.0. The fourth-order valence-corrected chi connectivity index (χ4v) is 1.86. The van der Waals surface area contributed by atoms with Gasteiger partial charge in [0.05, 0.1) is 4.92 Å². The van der Waals surface area contributed by atoms with Crippen molar-refractivity contribution in [2.24, 2.45) is 5.84 Å². The van der Waals surface area contributed by atoms with Crippen LogP contribution in [0.25, 0.3) is 0 Å². The van der Waals surface area contributed by atoms with Gasteiger partial charge in [0.2, 0.25) is 5.82 Å². The van der Waals surface area contributed by atoms with Crippen molar-refractivity contribution in [2.45, 2.75) is 19.8 Å². The second kappa shape index (κ2) is 6.14. The molecule has 0 saturated heterocycles. The third kappa shape index (κ3) is 3.06. The van der Waals surface area contributed by atoms with Crippen LogP contribution < -0.4 is 16.0 Å². The Labute approximate surface area is 121 Å². The van der Waals surface area contributed by atoms with Crippen molar-refractivity contribution in [1.29, 1.82) is 0 Å². The number of hydrogen-bond donors (Lipinski definition) is 2. The van der Waals surface area contributed by atoms with Crippen LogP contribution in [0.15, 0.2) is 30.6 Å². The Morgan fingerprint density at radius 2 is 2.05 bits per heavy atom. The first-order valence-corrected chi connectivity index (χ1v) is 6.27. The molecule has 0 aliphatic carbocycles. The van der Waals surface area contributed by atoms with Gasteiger partial charge in [-0.15, -0.1) is 0 Å². The first-order valence-electron chi connectivity index (χ1n) is 6.27. The summed E-state index contributed by atoms with van der Waals surface area (Å²) in [5, 5.41) is 11.2. The second-order valence-electron chi connectivity index (χ2n) is 4.57. The highest BCUT2D eigenvalue weighted by molar-refractivity contribution is 5.61. The number of benzene rings is 1. The van der Waals surface area contributed by atoms with Crippen LogP contribution in [0.1, 0.15) is 25.3 Å². The van der Waals surface area contributed by atoms with E-state index in [1.807, 2.05) is 26.0 Å². The predicted octanol–water partition coefficient (Wildman–Crippen LogP) is 2.59. The zero-order valence-electron chi connectivity index (χ0n) is 11.6. The molecule has 0 aliphatic heterocycles. The topological polar surface area (TPSA) is 116 Å². The first-order chi connectivity index (χ1) is 10.0. The molecule has 0 saturated carbocycles. The Morgan fingerprint density at radius 3 is 2.67 bits per heavy atom. The number of nitrogens with zero attached hydrogens (tertiary/aromatic N) is 3. The summed E-state index contributed by atoms with van der Waals surface area (Å²) in [4.78, 5) is 18.1. The molecule has 21 heavy (non-hydrogen) atoms. The van der Waals surface area contributed by atoms with Gasteiger partial charge in [0.25, 0.3) is 0 Å². The number of nitrogen functional groups attached to an aromatic ring is 1. The van der Waals surface area contributed by atoms with Gasteiger partial charge in [-0.3, -0.25) is 10.1 Å². The number of hydrazine groups is 1. The number of ether oxygens (including phenoxy) is 1. The van der Waals surface area contributed by atoms with Crippen LogP contribution in [0.2, 0.25) is 0 Å². The Bertz CT molecular complexity index is 660. The fourth-order valence-electron chi connectivity index (χ4n) is 1.86. The number of nitro groups is 1. The molecule has 1 heterocycles. The van der Waals surface area contributed by atoms with Gasteiger partial charge < -0.3 is 10.2 Å². The van der Waals surface area contributed by atoms with Crippen LogP contribution in [-0.4, -0.2) is 14.9 Å². The number of hydrogen-bond acceptors (Lipinski definition) is 7. The highest BCUT2D eigenvalue weighted by Gasteiger charge is 2.25. The van der Waals surface area contributed by atoms with Crippen molar-refractivity contribution in [2.75, 3.05) is 5.43 Å². The summed E-state index contributed by atoms with van der Waals surface area (Å²) in [5.41, 5.74) is 2.69. The van der Waals surface area contributed by atoms with Crippen LogP contribution >= 0.6 is 0 Å². The van der Waals surface area contributed by atoms with E-state index in [-0.39, 0.29) is 17.6 Å². The number of aromatic nitrogens is 2. The molecule has 0 unspecified atom stereocenters. The van der Waals surface area contributed by atoms with Crippen molar-refractivity contribution in [3.63, 3.8) is 0 Å². The Hall–Kier alpha value is -2.74. The number of nitrogens with two attached hydrogens (primary N) is 1. The summed E-state index contributed by atoms with van der Waals surface area (Å²) in [6.45, 7) is 4.01. The summed E-state index contributed by atoms with van der Waals surface area (Å²) in [6.07, 6.45) is 1.15. The molecule has 3 N–H and O–H groups in total. The maximum Gasteiger partial charge on any atom is 0.374 e. The lowest BCUT2D eigenvalue weighted by Gasteiger charge is -2.13. The first kappa shape index (κ1) is 14.7. The zero-order chi connectivity index (χ0) is 15.4. The van der Waals surface area contributed by atoms with Crippen molar-refractivity contribution in [3.8, 4) is 11.6 Å². The molecule has 0 bridgehead atoms. The van der Waals surface area contributed by atoms with Gasteiger partial charge in [-0.25, -0.2) is 10.8 Å². The molecule has 2 rings (SSSR count). The van der Waals surface area contributed by atoms with Crippen molar-refractivity contribution in [1.82, 2.24) is 9.97 Å². The average Bonchev–Trinajstić information content (AvgIpc) is 2.47. The minimum atomic E-state index is -0.636. The molecule has 1 aromatic carbocycles. The molecular formula is C13H15N5O3. The van der Waals surface area contributed by atoms with Crippen molar-refractivity contribution in [3.05, 3.63) is 46.3 Å². The molecular weight excluding hydrogens is 274 g/mol. The van der Waals surface area contributed by atoms with Gasteiger partial charge in [-0.2, -0.15) is 4.98 Å². The summed E-state index contributed by atoms with van der Waals surface area (Å²) in [5.74, 6) is 5.68. The van der Waals surface area contributed by atoms with Gasteiger partial charge in [0.1, 0.15) is 12.1 Å². The second-order valence-corrected chi connectivity index (χ2v) is 4.57. The van der Waals surface area contributed by atoms with E-state index in [2.05, 4.69) is 15.4 Å². The van der Waals surface area contributed by atoms with E-state index in [1.54, 1.807) is 12.1 Å². The largest absolute Gasteiger partial charge is 0.433 e. The Balaban J connectivity index is 2.48. The van der Waals surface area contributed by atoms with Crippen molar-refractivity contribution >= 4 is 11.5 Å². The molecule has 0 spiro atoms. The fraction of sp³-hybridized carbons (Fsp3) is 0.231. The van der Waals surface area contributed by atoms with E-state index < -0.39 is 10.6 Å². The van der Waals surface area contributed by atoms with E-state index in [1.165, 1.54) is 0 Å². The highest BCUT2D eigenvalue weighted by Crippen LogP contribution is 2.36. The van der Waals surface area contributed by atoms with Crippen LogP contribution in [0, 0.1) is 10.1 Å². The molecule has 0 radical (unpaired) electrons. The van der Waals surface area contributed by atoms with Crippen LogP contribution in [0.5, 0.6) is 11.6 Å². The van der Waals surface area contributed by atoms with Gasteiger partial charge >= 0.3 is 11.6 Å². The normalized spacial score (nSPS) is 10.5. The molecule has 0 atom stereocenters. The van der Waals surface area contributed by atoms with Gasteiger partial charge in [-0.05, 0) is 17.5 Å². The minimum Gasteiger partial charge on any atom is -0.433 e. The van der Waals surface area contributed by atoms with Crippen LogP contribution in [-0.2, 0) is 0 Å². The zero-order valence-corrected chi connectivity index (χ0v) is 11.6. The molecule has 8 heteroatoms. The van der Waals surface area contributed by atoms with Gasteiger partial charge in [0, 0.05) is 0 Å². The van der Waals surface area contributed by atoms with E-state index in [0.29, 0.717) is 5.75 Å². The monoisotopic (exact) mass is 289 g/mol. The molecule has 0 aliphatic rings. The lowest BCUT2D eigenvalue weighted by Crippen LogP contribution is -2.12. The molecule has 110 valence electrons. The van der Waals surface area contributed by atoms with E-state index in [9.17, 15) is 10.1 Å². The smallest absolute Gasteiger partial charge is 0.374 e. The standard InChI is InChI=1S/C13H15N5O3/c1-8(2)9-5-3-4-6-10(9)21-13-11(18(19)20)12(17-14)15-7-16-13/h3-8H,14H2,1-2H3,(H,15,16,17). The summed E-state index contributed by atoms with van der Waals surface area (Å²) in [6, 6.07) is 7.30. The van der Waals surface area contributed by atoms with E-state index >= 15 is 0 Å². The summed E-state index contributed by atoms with van der Waals surface area (Å²) in [7, 11) is 0. The van der Waals surface area contributed by atoms with E-state index in [0.717, 1.165) is 11.9 Å². The van der Waals surface area contributed by atoms with Gasteiger partial charge in [0.15, 0.2) is 0 Å². The third-order valence-electron chi connectivity index (χ3n) is 2.86. The number of rotatable bonds is 5. The minimum absolute atomic E-state index is 0.105. The number of anilines is 1. The third-order valence-corrected chi connectivity index (χ3v) is 2.86. The van der Waals surface area contributed by atoms with Gasteiger partial charge in [-0.1, -0.05) is 32.0 Å². The quantitative estimate of drug-likeness (QED) is 0.493. The Morgan fingerprint density at radius 1 is 1.33 bits per heavy atom. The lowest BCUT2D eigenvalue weighted by molar-refractivity contribution is -0.385. The summed E-state index contributed by atoms with van der Waals surface area (Å²) < 4.78 is 5.62. The average molecular weight is 289 g/mol. The SMILES string of the molecule is CC(C)c1ccccc1Oc1ncnc(NN)c1[N+](=O)[O-]. The highest BCUT2D eigenvalue weighted by atomic mass is 16.6. The molecule has 0 fully saturated rings. The maximum atomic E-state index is 11.2. The molecule has 1 aromatic heterocycles. The maximum absolute atomic E-state index is 11.2. The van der Waals surface area contributed by atoms with Crippen LogP contribution in [0.3, 0.4) is 0 Å². The molecule has 2 aromatic rings. The van der Waals surface area contributed by atoms with E-state index in [4.69, 9.17) is 10.6 Å². The predicted molar refractivity (Wildman–Crippen MR) is 77.1 cm³/mol. The number of nitrogens with one attached hydrogen (secondary N) is 1. The molecule has 8 nitrogen and oxygen atoms in total. The van der Waals surface area contributed by atoms with Crippen LogP contribution in [0.4, 0.5) is 11.5 Å².